The Morgan fingerprint density at radius 2 is 1.59 bits per heavy atom. The van der Waals surface area contributed by atoms with Crippen LogP contribution < -0.4 is 0 Å². The van der Waals surface area contributed by atoms with E-state index in [9.17, 15) is 13.7 Å². The SMILES string of the molecule is Cc1ccc(S(=O)(=O)/C(C#N)=C\c2ccc(C#N)cc2)cc1. The van der Waals surface area contributed by atoms with Crippen molar-refractivity contribution >= 4 is 15.9 Å². The molecule has 0 amide bonds. The second-order valence-electron chi connectivity index (χ2n) is 4.67. The molecule has 0 atom stereocenters. The van der Waals surface area contributed by atoms with E-state index < -0.39 is 9.84 Å². The van der Waals surface area contributed by atoms with Gasteiger partial charge in [-0.05, 0) is 42.8 Å². The van der Waals surface area contributed by atoms with E-state index >= 15 is 0 Å². The van der Waals surface area contributed by atoms with Crippen LogP contribution in [0.2, 0.25) is 0 Å². The van der Waals surface area contributed by atoms with Gasteiger partial charge in [0.25, 0.3) is 0 Å². The van der Waals surface area contributed by atoms with Crippen LogP contribution in [0, 0.1) is 29.6 Å². The lowest BCUT2D eigenvalue weighted by atomic mass is 10.1. The van der Waals surface area contributed by atoms with Crippen molar-refractivity contribution in [3.63, 3.8) is 0 Å². The van der Waals surface area contributed by atoms with Gasteiger partial charge in [-0.1, -0.05) is 29.8 Å². The summed E-state index contributed by atoms with van der Waals surface area (Å²) in [6.07, 6.45) is 1.30. The van der Waals surface area contributed by atoms with E-state index in [1.807, 2.05) is 13.0 Å². The number of benzene rings is 2. The summed E-state index contributed by atoms with van der Waals surface area (Å²) < 4.78 is 24.9. The Kier molecular flexibility index (Phi) is 4.41. The third-order valence-corrected chi connectivity index (χ3v) is 4.75. The van der Waals surface area contributed by atoms with Crippen molar-refractivity contribution in [2.45, 2.75) is 11.8 Å². The van der Waals surface area contributed by atoms with Gasteiger partial charge in [-0.25, -0.2) is 8.42 Å². The molecule has 0 N–H and O–H groups in total. The molecule has 0 bridgehead atoms. The molecular formula is C17H12N2O2S. The van der Waals surface area contributed by atoms with Crippen molar-refractivity contribution in [2.75, 3.05) is 0 Å². The maximum absolute atomic E-state index is 12.5. The zero-order chi connectivity index (χ0) is 16.2. The van der Waals surface area contributed by atoms with Crippen LogP contribution in [-0.4, -0.2) is 8.42 Å². The predicted molar refractivity (Wildman–Crippen MR) is 83.1 cm³/mol. The molecule has 2 rings (SSSR count). The summed E-state index contributed by atoms with van der Waals surface area (Å²) in [5, 5.41) is 17.9. The number of rotatable bonds is 3. The Morgan fingerprint density at radius 1 is 1.00 bits per heavy atom. The molecule has 5 heteroatoms. The first-order valence-electron chi connectivity index (χ1n) is 6.41. The van der Waals surface area contributed by atoms with Gasteiger partial charge in [-0.15, -0.1) is 0 Å². The van der Waals surface area contributed by atoms with Gasteiger partial charge < -0.3 is 0 Å². The van der Waals surface area contributed by atoms with Crippen LogP contribution in [-0.2, 0) is 9.84 Å². The Hall–Kier alpha value is -2.89. The molecule has 0 saturated carbocycles. The van der Waals surface area contributed by atoms with Gasteiger partial charge >= 0.3 is 0 Å². The maximum Gasteiger partial charge on any atom is 0.216 e. The van der Waals surface area contributed by atoms with E-state index in [4.69, 9.17) is 5.26 Å². The number of hydrogen-bond acceptors (Lipinski definition) is 4. The lowest BCUT2D eigenvalue weighted by molar-refractivity contribution is 0.603. The fraction of sp³-hybridized carbons (Fsp3) is 0.0588. The molecule has 22 heavy (non-hydrogen) atoms. The zero-order valence-electron chi connectivity index (χ0n) is 11.8. The standard InChI is InChI=1S/C17H12N2O2S/c1-13-2-8-16(9-3-13)22(20,21)17(12-19)10-14-4-6-15(11-18)7-5-14/h2-10H,1H3/b17-10-. The number of nitriles is 2. The molecular weight excluding hydrogens is 296 g/mol. The van der Waals surface area contributed by atoms with Crippen LogP contribution in [0.25, 0.3) is 6.08 Å². The minimum Gasteiger partial charge on any atom is -0.218 e. The highest BCUT2D eigenvalue weighted by Gasteiger charge is 2.20. The van der Waals surface area contributed by atoms with Gasteiger partial charge in [0.05, 0.1) is 16.5 Å². The van der Waals surface area contributed by atoms with Crippen molar-refractivity contribution in [1.82, 2.24) is 0 Å². The third-order valence-electron chi connectivity index (χ3n) is 3.07. The molecule has 0 saturated heterocycles. The summed E-state index contributed by atoms with van der Waals surface area (Å²) in [6, 6.07) is 16.4. The van der Waals surface area contributed by atoms with Gasteiger partial charge in [-0.3, -0.25) is 0 Å². The van der Waals surface area contributed by atoms with E-state index in [1.165, 1.54) is 18.2 Å². The van der Waals surface area contributed by atoms with Crippen molar-refractivity contribution in [3.8, 4) is 12.1 Å². The number of sulfone groups is 1. The molecule has 0 aliphatic rings. The van der Waals surface area contributed by atoms with Gasteiger partial charge in [-0.2, -0.15) is 10.5 Å². The molecule has 0 fully saturated rings. The fourth-order valence-electron chi connectivity index (χ4n) is 1.82. The molecule has 0 radical (unpaired) electrons. The number of aryl methyl sites for hydroxylation is 1. The molecule has 0 spiro atoms. The number of hydrogen-bond donors (Lipinski definition) is 0. The van der Waals surface area contributed by atoms with Crippen molar-refractivity contribution in [2.24, 2.45) is 0 Å². The van der Waals surface area contributed by atoms with Crippen LogP contribution >= 0.6 is 0 Å². The first kappa shape index (κ1) is 15.5. The third kappa shape index (κ3) is 3.22. The second kappa shape index (κ2) is 6.26. The molecule has 2 aromatic rings. The Labute approximate surface area is 129 Å². The first-order chi connectivity index (χ1) is 10.5. The Morgan fingerprint density at radius 3 is 2.09 bits per heavy atom. The fourth-order valence-corrected chi connectivity index (χ4v) is 2.98. The predicted octanol–water partition coefficient (Wildman–Crippen LogP) is 3.21. The van der Waals surface area contributed by atoms with Crippen LogP contribution in [0.1, 0.15) is 16.7 Å². The zero-order valence-corrected chi connectivity index (χ0v) is 12.6. The van der Waals surface area contributed by atoms with Gasteiger partial charge in [0, 0.05) is 0 Å². The highest BCUT2D eigenvalue weighted by molar-refractivity contribution is 7.95. The first-order valence-corrected chi connectivity index (χ1v) is 7.89. The van der Waals surface area contributed by atoms with Crippen molar-refractivity contribution < 1.29 is 8.42 Å². The molecule has 0 aromatic heterocycles. The number of nitrogens with zero attached hydrogens (tertiary/aromatic N) is 2. The monoisotopic (exact) mass is 308 g/mol. The molecule has 0 unspecified atom stereocenters. The normalized spacial score (nSPS) is 11.5. The lowest BCUT2D eigenvalue weighted by Crippen LogP contribution is -2.03. The van der Waals surface area contributed by atoms with Crippen LogP contribution in [0.4, 0.5) is 0 Å². The largest absolute Gasteiger partial charge is 0.218 e. The highest BCUT2D eigenvalue weighted by atomic mass is 32.2. The van der Waals surface area contributed by atoms with E-state index in [2.05, 4.69) is 0 Å². The summed E-state index contributed by atoms with van der Waals surface area (Å²) in [7, 11) is -3.85. The average molecular weight is 308 g/mol. The van der Waals surface area contributed by atoms with Crippen molar-refractivity contribution in [1.29, 1.82) is 10.5 Å². The quantitative estimate of drug-likeness (QED) is 0.815. The van der Waals surface area contributed by atoms with E-state index in [0.29, 0.717) is 11.1 Å². The Balaban J connectivity index is 2.46. The topological polar surface area (TPSA) is 81.7 Å². The lowest BCUT2D eigenvalue weighted by Gasteiger charge is -2.04. The maximum atomic E-state index is 12.5. The molecule has 4 nitrogen and oxygen atoms in total. The second-order valence-corrected chi connectivity index (χ2v) is 6.59. The van der Waals surface area contributed by atoms with Crippen LogP contribution in [0.3, 0.4) is 0 Å². The van der Waals surface area contributed by atoms with Crippen LogP contribution in [0.5, 0.6) is 0 Å². The van der Waals surface area contributed by atoms with Crippen molar-refractivity contribution in [3.05, 3.63) is 70.1 Å². The van der Waals surface area contributed by atoms with Gasteiger partial charge in [0.15, 0.2) is 0 Å². The Bertz CT molecular complexity index is 895. The van der Waals surface area contributed by atoms with E-state index in [-0.39, 0.29) is 9.80 Å². The summed E-state index contributed by atoms with van der Waals surface area (Å²) in [5.41, 5.74) is 1.96. The molecule has 0 aliphatic carbocycles. The minimum absolute atomic E-state index is 0.0829. The van der Waals surface area contributed by atoms with E-state index in [1.54, 1.807) is 42.5 Å². The van der Waals surface area contributed by atoms with Gasteiger partial charge in [0.1, 0.15) is 11.0 Å². The summed E-state index contributed by atoms with van der Waals surface area (Å²) >= 11 is 0. The van der Waals surface area contributed by atoms with E-state index in [0.717, 1.165) is 5.56 Å². The van der Waals surface area contributed by atoms with Gasteiger partial charge in [0.2, 0.25) is 9.84 Å². The molecule has 0 aliphatic heterocycles. The minimum atomic E-state index is -3.85. The highest BCUT2D eigenvalue weighted by Crippen LogP contribution is 2.21. The van der Waals surface area contributed by atoms with Crippen LogP contribution in [0.15, 0.2) is 58.3 Å². The smallest absolute Gasteiger partial charge is 0.216 e. The molecule has 0 heterocycles. The summed E-state index contributed by atoms with van der Waals surface area (Å²) in [5.74, 6) is 0. The molecule has 108 valence electrons. The molecule has 2 aromatic carbocycles. The summed E-state index contributed by atoms with van der Waals surface area (Å²) in [6.45, 7) is 1.86. The average Bonchev–Trinajstić information content (AvgIpc) is 2.53. The summed E-state index contributed by atoms with van der Waals surface area (Å²) in [4.78, 5) is -0.249. The number of allylic oxidation sites excluding steroid dienone is 1.